The molecular formula is C11H22IN5O. The fourth-order valence-corrected chi connectivity index (χ4v) is 1.33. The monoisotopic (exact) mass is 367 g/mol. The van der Waals surface area contributed by atoms with Crippen LogP contribution in [0.4, 0.5) is 0 Å². The van der Waals surface area contributed by atoms with Crippen LogP contribution in [0.1, 0.15) is 12.6 Å². The van der Waals surface area contributed by atoms with Gasteiger partial charge in [0.2, 0.25) is 0 Å². The largest absolute Gasteiger partial charge is 0.383 e. The molecule has 0 spiro atoms. The Kier molecular flexibility index (Phi) is 9.66. The van der Waals surface area contributed by atoms with Crippen molar-refractivity contribution in [3.8, 4) is 0 Å². The molecule has 0 aliphatic heterocycles. The number of hydrogen-bond donors (Lipinski definition) is 2. The van der Waals surface area contributed by atoms with Crippen LogP contribution in [0.5, 0.6) is 0 Å². The van der Waals surface area contributed by atoms with E-state index in [-0.39, 0.29) is 24.0 Å². The molecule has 1 aromatic rings. The maximum absolute atomic E-state index is 4.98. The number of nitrogens with one attached hydrogen (secondary N) is 2. The second-order valence-corrected chi connectivity index (χ2v) is 3.56. The van der Waals surface area contributed by atoms with Gasteiger partial charge in [-0.2, -0.15) is 5.10 Å². The van der Waals surface area contributed by atoms with Crippen LogP contribution in [0, 0.1) is 0 Å². The molecule has 18 heavy (non-hydrogen) atoms. The third kappa shape index (κ3) is 6.20. The smallest absolute Gasteiger partial charge is 0.191 e. The van der Waals surface area contributed by atoms with Crippen LogP contribution >= 0.6 is 24.0 Å². The van der Waals surface area contributed by atoms with Gasteiger partial charge < -0.3 is 15.4 Å². The van der Waals surface area contributed by atoms with Gasteiger partial charge in [-0.25, -0.2) is 4.99 Å². The zero-order chi connectivity index (χ0) is 12.5. The number of ether oxygens (including phenoxy) is 1. The minimum Gasteiger partial charge on any atom is -0.383 e. The van der Waals surface area contributed by atoms with Gasteiger partial charge in [0.05, 0.1) is 18.8 Å². The van der Waals surface area contributed by atoms with Crippen molar-refractivity contribution in [1.82, 2.24) is 20.4 Å². The van der Waals surface area contributed by atoms with E-state index in [0.717, 1.165) is 24.7 Å². The summed E-state index contributed by atoms with van der Waals surface area (Å²) in [5.41, 5.74) is 1.08. The molecule has 1 rings (SSSR count). The molecule has 0 aliphatic carbocycles. The summed E-state index contributed by atoms with van der Waals surface area (Å²) in [7, 11) is 3.59. The molecular weight excluding hydrogens is 345 g/mol. The third-order valence-corrected chi connectivity index (χ3v) is 2.26. The fourth-order valence-electron chi connectivity index (χ4n) is 1.33. The van der Waals surface area contributed by atoms with E-state index in [1.165, 1.54) is 0 Å². The van der Waals surface area contributed by atoms with E-state index in [2.05, 4.69) is 20.7 Å². The number of halogens is 1. The predicted octanol–water partition coefficient (Wildman–Crippen LogP) is 0.740. The number of hydrogen-bond acceptors (Lipinski definition) is 3. The first-order valence-corrected chi connectivity index (χ1v) is 5.76. The van der Waals surface area contributed by atoms with Crippen molar-refractivity contribution >= 4 is 29.9 Å². The molecule has 0 saturated carbocycles. The number of aromatic nitrogens is 2. The summed E-state index contributed by atoms with van der Waals surface area (Å²) in [5, 5.41) is 10.5. The van der Waals surface area contributed by atoms with Gasteiger partial charge in [-0.15, -0.1) is 24.0 Å². The van der Waals surface area contributed by atoms with Gasteiger partial charge in [-0.05, 0) is 13.0 Å². The van der Waals surface area contributed by atoms with Gasteiger partial charge in [0.1, 0.15) is 0 Å². The van der Waals surface area contributed by atoms with E-state index in [4.69, 9.17) is 4.74 Å². The molecule has 1 aromatic heterocycles. The zero-order valence-corrected chi connectivity index (χ0v) is 13.5. The number of aliphatic imine (C=N–C) groups is 1. The molecule has 2 N–H and O–H groups in total. The molecule has 0 atom stereocenters. The van der Waals surface area contributed by atoms with Gasteiger partial charge in [-0.1, -0.05) is 0 Å². The van der Waals surface area contributed by atoms with Gasteiger partial charge in [-0.3, -0.25) is 4.68 Å². The van der Waals surface area contributed by atoms with Crippen molar-refractivity contribution in [3.63, 3.8) is 0 Å². The highest BCUT2D eigenvalue weighted by atomic mass is 127. The third-order valence-electron chi connectivity index (χ3n) is 2.26. The maximum Gasteiger partial charge on any atom is 0.191 e. The molecule has 0 fully saturated rings. The lowest BCUT2D eigenvalue weighted by molar-refractivity contribution is 0.203. The van der Waals surface area contributed by atoms with Crippen molar-refractivity contribution < 1.29 is 4.74 Å². The van der Waals surface area contributed by atoms with Crippen molar-refractivity contribution in [2.75, 3.05) is 26.8 Å². The second kappa shape index (κ2) is 10.1. The lowest BCUT2D eigenvalue weighted by Gasteiger charge is -2.10. The van der Waals surface area contributed by atoms with E-state index < -0.39 is 0 Å². The first kappa shape index (κ1) is 17.2. The van der Waals surface area contributed by atoms with Gasteiger partial charge >= 0.3 is 0 Å². The summed E-state index contributed by atoms with van der Waals surface area (Å²) >= 11 is 0. The highest BCUT2D eigenvalue weighted by Gasteiger charge is 1.99. The minimum absolute atomic E-state index is 0. The highest BCUT2D eigenvalue weighted by molar-refractivity contribution is 14.0. The summed E-state index contributed by atoms with van der Waals surface area (Å²) < 4.78 is 6.80. The first-order valence-electron chi connectivity index (χ1n) is 5.76. The molecule has 0 aromatic carbocycles. The van der Waals surface area contributed by atoms with Crippen LogP contribution in [0.3, 0.4) is 0 Å². The molecule has 0 aliphatic rings. The topological polar surface area (TPSA) is 63.5 Å². The van der Waals surface area contributed by atoms with Crippen LogP contribution in [0.15, 0.2) is 17.3 Å². The van der Waals surface area contributed by atoms with Crippen LogP contribution in [0.2, 0.25) is 0 Å². The summed E-state index contributed by atoms with van der Waals surface area (Å²) in [6, 6.07) is 1.96. The Bertz CT molecular complexity index is 353. The predicted molar refractivity (Wildman–Crippen MR) is 83.3 cm³/mol. The van der Waals surface area contributed by atoms with Crippen molar-refractivity contribution in [2.24, 2.45) is 12.0 Å². The van der Waals surface area contributed by atoms with Crippen LogP contribution in [-0.4, -0.2) is 42.5 Å². The molecule has 0 amide bonds. The number of methoxy groups -OCH3 is 1. The molecule has 0 bridgehead atoms. The fraction of sp³-hybridized carbons (Fsp3) is 0.636. The Morgan fingerprint density at radius 1 is 1.50 bits per heavy atom. The Hall–Kier alpha value is -0.830. The first-order chi connectivity index (χ1) is 8.27. The summed E-state index contributed by atoms with van der Waals surface area (Å²) in [4.78, 5) is 4.47. The molecule has 0 radical (unpaired) electrons. The molecule has 0 saturated heterocycles. The SMILES string of the molecule is CCNC(=NCc1ccnn1C)NCCOC.I. The summed E-state index contributed by atoms with van der Waals surface area (Å²) in [6.07, 6.45) is 1.77. The normalized spacial score (nSPS) is 10.9. The van der Waals surface area contributed by atoms with E-state index in [0.29, 0.717) is 13.2 Å². The number of aryl methyl sites for hydroxylation is 1. The molecule has 7 heteroatoms. The Labute approximate surface area is 125 Å². The van der Waals surface area contributed by atoms with E-state index in [9.17, 15) is 0 Å². The standard InChI is InChI=1S/C11H21N5O.HI/c1-4-12-11(13-7-8-17-3)14-9-10-5-6-15-16(10)2;/h5-6H,4,7-9H2,1-3H3,(H2,12,13,14);1H. The molecule has 6 nitrogen and oxygen atoms in total. The quantitative estimate of drug-likeness (QED) is 0.337. The van der Waals surface area contributed by atoms with Crippen LogP contribution in [-0.2, 0) is 18.3 Å². The summed E-state index contributed by atoms with van der Waals surface area (Å²) in [5.74, 6) is 0.797. The Morgan fingerprint density at radius 3 is 2.83 bits per heavy atom. The van der Waals surface area contributed by atoms with Crippen molar-refractivity contribution in [3.05, 3.63) is 18.0 Å². The molecule has 0 unspecified atom stereocenters. The lowest BCUT2D eigenvalue weighted by Crippen LogP contribution is -2.38. The highest BCUT2D eigenvalue weighted by Crippen LogP contribution is 1.97. The zero-order valence-electron chi connectivity index (χ0n) is 11.1. The number of rotatable bonds is 6. The van der Waals surface area contributed by atoms with Crippen molar-refractivity contribution in [1.29, 1.82) is 0 Å². The van der Waals surface area contributed by atoms with Gasteiger partial charge in [0.25, 0.3) is 0 Å². The van der Waals surface area contributed by atoms with Crippen molar-refractivity contribution in [2.45, 2.75) is 13.5 Å². The molecule has 104 valence electrons. The maximum atomic E-state index is 4.98. The number of nitrogens with zero attached hydrogens (tertiary/aromatic N) is 3. The average molecular weight is 367 g/mol. The van der Waals surface area contributed by atoms with E-state index in [1.807, 2.05) is 24.7 Å². The Balaban J connectivity index is 0.00000289. The minimum atomic E-state index is 0. The second-order valence-electron chi connectivity index (χ2n) is 3.56. The van der Waals surface area contributed by atoms with Gasteiger partial charge in [0.15, 0.2) is 5.96 Å². The Morgan fingerprint density at radius 2 is 2.28 bits per heavy atom. The average Bonchev–Trinajstić information content (AvgIpc) is 2.72. The van der Waals surface area contributed by atoms with Crippen LogP contribution < -0.4 is 10.6 Å². The van der Waals surface area contributed by atoms with Gasteiger partial charge in [0, 0.05) is 33.4 Å². The van der Waals surface area contributed by atoms with E-state index >= 15 is 0 Å². The number of guanidine groups is 1. The lowest BCUT2D eigenvalue weighted by atomic mass is 10.4. The van der Waals surface area contributed by atoms with Crippen LogP contribution in [0.25, 0.3) is 0 Å². The summed E-state index contributed by atoms with van der Waals surface area (Å²) in [6.45, 7) is 4.89. The van der Waals surface area contributed by atoms with E-state index in [1.54, 1.807) is 13.3 Å². The molecule has 1 heterocycles.